The van der Waals surface area contributed by atoms with Crippen molar-refractivity contribution in [3.8, 4) is 5.75 Å². The second-order valence-electron chi connectivity index (χ2n) is 6.55. The van der Waals surface area contributed by atoms with Crippen molar-refractivity contribution >= 4 is 16.8 Å². The van der Waals surface area contributed by atoms with Crippen LogP contribution in [0.3, 0.4) is 0 Å². The lowest BCUT2D eigenvalue weighted by atomic mass is 10.1. The van der Waals surface area contributed by atoms with Crippen LogP contribution in [0.25, 0.3) is 10.8 Å². The minimum Gasteiger partial charge on any atom is -0.497 e. The molecule has 3 aromatic carbocycles. The van der Waals surface area contributed by atoms with E-state index in [1.807, 2.05) is 43.4 Å². The molecule has 26 heavy (non-hydrogen) atoms. The Kier molecular flexibility index (Phi) is 5.42. The average molecular weight is 348 g/mol. The van der Waals surface area contributed by atoms with Crippen molar-refractivity contribution in [1.29, 1.82) is 0 Å². The zero-order valence-corrected chi connectivity index (χ0v) is 15.5. The topological polar surface area (TPSA) is 41.6 Å². The van der Waals surface area contributed by atoms with Gasteiger partial charge in [0.05, 0.1) is 7.11 Å². The van der Waals surface area contributed by atoms with Gasteiger partial charge in [0, 0.05) is 20.1 Å². The summed E-state index contributed by atoms with van der Waals surface area (Å²) in [6, 6.07) is 20.3. The second-order valence-corrected chi connectivity index (χ2v) is 6.55. The molecule has 3 rings (SSSR count). The number of methoxy groups -OCH3 is 1. The first-order valence-electron chi connectivity index (χ1n) is 8.66. The molecule has 0 saturated carbocycles. The standard InChI is InChI=1S/C22H24N2O2/c1-16-4-6-17(7-5-16)14-23-22(25)24(2)15-18-8-9-20-13-21(26-3)11-10-19(20)12-18/h4-13H,14-15H2,1-3H3,(H,23,25). The number of carbonyl (C=O) groups is 1. The van der Waals surface area contributed by atoms with Gasteiger partial charge in [0.15, 0.2) is 0 Å². The van der Waals surface area contributed by atoms with E-state index >= 15 is 0 Å². The molecule has 4 heteroatoms. The first-order valence-corrected chi connectivity index (χ1v) is 8.66. The van der Waals surface area contributed by atoms with Gasteiger partial charge in [0.1, 0.15) is 5.75 Å². The maximum Gasteiger partial charge on any atom is 0.317 e. The van der Waals surface area contributed by atoms with E-state index in [1.165, 1.54) is 5.56 Å². The van der Waals surface area contributed by atoms with Gasteiger partial charge < -0.3 is 15.0 Å². The Labute approximate surface area is 154 Å². The summed E-state index contributed by atoms with van der Waals surface area (Å²) in [5.41, 5.74) is 3.40. The summed E-state index contributed by atoms with van der Waals surface area (Å²) in [4.78, 5) is 14.0. The highest BCUT2D eigenvalue weighted by Gasteiger charge is 2.09. The fourth-order valence-electron chi connectivity index (χ4n) is 2.86. The van der Waals surface area contributed by atoms with Crippen LogP contribution in [0.2, 0.25) is 0 Å². The van der Waals surface area contributed by atoms with Crippen molar-refractivity contribution in [3.63, 3.8) is 0 Å². The summed E-state index contributed by atoms with van der Waals surface area (Å²) < 4.78 is 5.26. The lowest BCUT2D eigenvalue weighted by molar-refractivity contribution is 0.206. The van der Waals surface area contributed by atoms with E-state index in [0.29, 0.717) is 13.1 Å². The zero-order valence-electron chi connectivity index (χ0n) is 15.5. The first-order chi connectivity index (χ1) is 12.5. The van der Waals surface area contributed by atoms with E-state index in [4.69, 9.17) is 4.74 Å². The van der Waals surface area contributed by atoms with Crippen LogP contribution >= 0.6 is 0 Å². The third-order valence-corrected chi connectivity index (χ3v) is 4.44. The normalized spacial score (nSPS) is 10.6. The number of hydrogen-bond donors (Lipinski definition) is 1. The van der Waals surface area contributed by atoms with Gasteiger partial charge in [-0.25, -0.2) is 4.79 Å². The number of carbonyl (C=O) groups excluding carboxylic acids is 1. The number of amides is 2. The first kappa shape index (κ1) is 17.8. The van der Waals surface area contributed by atoms with Gasteiger partial charge in [-0.1, -0.05) is 48.0 Å². The molecular weight excluding hydrogens is 324 g/mol. The Balaban J connectivity index is 1.61. The lowest BCUT2D eigenvalue weighted by Gasteiger charge is -2.18. The van der Waals surface area contributed by atoms with E-state index in [2.05, 4.69) is 36.5 Å². The molecule has 0 fully saturated rings. The van der Waals surface area contributed by atoms with Crippen LogP contribution in [0.15, 0.2) is 60.7 Å². The SMILES string of the molecule is COc1ccc2cc(CN(C)C(=O)NCc3ccc(C)cc3)ccc2c1. The highest BCUT2D eigenvalue weighted by atomic mass is 16.5. The molecule has 0 aliphatic carbocycles. The Morgan fingerprint density at radius 3 is 2.35 bits per heavy atom. The quantitative estimate of drug-likeness (QED) is 0.738. The zero-order chi connectivity index (χ0) is 18.5. The highest BCUT2D eigenvalue weighted by molar-refractivity contribution is 5.84. The molecule has 0 aliphatic rings. The summed E-state index contributed by atoms with van der Waals surface area (Å²) in [6.07, 6.45) is 0. The van der Waals surface area contributed by atoms with Crippen LogP contribution in [0.1, 0.15) is 16.7 Å². The number of ether oxygens (including phenoxy) is 1. The molecule has 2 amide bonds. The van der Waals surface area contributed by atoms with Gasteiger partial charge in [-0.3, -0.25) is 0 Å². The number of fused-ring (bicyclic) bond motifs is 1. The predicted octanol–water partition coefficient (Wildman–Crippen LogP) is 4.50. The number of hydrogen-bond acceptors (Lipinski definition) is 2. The summed E-state index contributed by atoms with van der Waals surface area (Å²) in [5.74, 6) is 0.845. The third kappa shape index (κ3) is 4.33. The van der Waals surface area contributed by atoms with E-state index in [1.54, 1.807) is 12.0 Å². The Morgan fingerprint density at radius 1 is 0.962 bits per heavy atom. The van der Waals surface area contributed by atoms with Gasteiger partial charge in [-0.05, 0) is 47.0 Å². The van der Waals surface area contributed by atoms with E-state index in [9.17, 15) is 4.79 Å². The minimum atomic E-state index is -0.0830. The molecule has 0 spiro atoms. The van der Waals surface area contributed by atoms with Gasteiger partial charge >= 0.3 is 6.03 Å². The van der Waals surface area contributed by atoms with Gasteiger partial charge in [-0.15, -0.1) is 0 Å². The van der Waals surface area contributed by atoms with Crippen molar-refractivity contribution < 1.29 is 9.53 Å². The lowest BCUT2D eigenvalue weighted by Crippen LogP contribution is -2.36. The molecule has 0 bridgehead atoms. The van der Waals surface area contributed by atoms with Crippen LogP contribution in [0.5, 0.6) is 5.75 Å². The summed E-state index contributed by atoms with van der Waals surface area (Å²) in [5, 5.41) is 5.22. The molecule has 0 radical (unpaired) electrons. The molecule has 4 nitrogen and oxygen atoms in total. The van der Waals surface area contributed by atoms with Crippen molar-refractivity contribution in [2.75, 3.05) is 14.2 Å². The van der Waals surface area contributed by atoms with Crippen LogP contribution in [0, 0.1) is 6.92 Å². The monoisotopic (exact) mass is 348 g/mol. The number of nitrogens with zero attached hydrogens (tertiary/aromatic N) is 1. The van der Waals surface area contributed by atoms with E-state index in [0.717, 1.165) is 27.6 Å². The van der Waals surface area contributed by atoms with Crippen molar-refractivity contribution in [2.24, 2.45) is 0 Å². The van der Waals surface area contributed by atoms with E-state index < -0.39 is 0 Å². The molecule has 0 aromatic heterocycles. The second kappa shape index (κ2) is 7.91. The fraction of sp³-hybridized carbons (Fsp3) is 0.227. The maximum atomic E-state index is 12.3. The molecule has 134 valence electrons. The molecular formula is C22H24N2O2. The Hall–Kier alpha value is -3.01. The van der Waals surface area contributed by atoms with Gasteiger partial charge in [0.2, 0.25) is 0 Å². The number of aryl methyl sites for hydroxylation is 1. The summed E-state index contributed by atoms with van der Waals surface area (Å²) >= 11 is 0. The molecule has 0 unspecified atom stereocenters. The summed E-state index contributed by atoms with van der Waals surface area (Å²) in [6.45, 7) is 3.14. The van der Waals surface area contributed by atoms with Crippen LogP contribution < -0.4 is 10.1 Å². The predicted molar refractivity (Wildman–Crippen MR) is 105 cm³/mol. The molecule has 0 saturated heterocycles. The van der Waals surface area contributed by atoms with Crippen LogP contribution in [-0.4, -0.2) is 25.1 Å². The van der Waals surface area contributed by atoms with Gasteiger partial charge in [0.25, 0.3) is 0 Å². The molecule has 0 aliphatic heterocycles. The minimum absolute atomic E-state index is 0.0830. The summed E-state index contributed by atoms with van der Waals surface area (Å²) in [7, 11) is 3.47. The average Bonchev–Trinajstić information content (AvgIpc) is 2.66. The number of rotatable bonds is 5. The molecule has 0 atom stereocenters. The number of urea groups is 1. The highest BCUT2D eigenvalue weighted by Crippen LogP contribution is 2.22. The number of nitrogens with one attached hydrogen (secondary N) is 1. The van der Waals surface area contributed by atoms with Crippen molar-refractivity contribution in [3.05, 3.63) is 77.4 Å². The fourth-order valence-corrected chi connectivity index (χ4v) is 2.86. The number of benzene rings is 3. The molecule has 3 aromatic rings. The van der Waals surface area contributed by atoms with E-state index in [-0.39, 0.29) is 6.03 Å². The maximum absolute atomic E-state index is 12.3. The Morgan fingerprint density at radius 2 is 1.62 bits per heavy atom. The Bertz CT molecular complexity index is 904. The van der Waals surface area contributed by atoms with Gasteiger partial charge in [-0.2, -0.15) is 0 Å². The molecule has 1 N–H and O–H groups in total. The smallest absolute Gasteiger partial charge is 0.317 e. The van der Waals surface area contributed by atoms with Crippen molar-refractivity contribution in [2.45, 2.75) is 20.0 Å². The molecule has 0 heterocycles. The largest absolute Gasteiger partial charge is 0.497 e. The van der Waals surface area contributed by atoms with Crippen molar-refractivity contribution in [1.82, 2.24) is 10.2 Å². The van der Waals surface area contributed by atoms with Crippen LogP contribution in [0.4, 0.5) is 4.79 Å². The third-order valence-electron chi connectivity index (χ3n) is 4.44. The van der Waals surface area contributed by atoms with Crippen LogP contribution in [-0.2, 0) is 13.1 Å².